The molecule has 0 aliphatic heterocycles. The van der Waals surface area contributed by atoms with Gasteiger partial charge < -0.3 is 9.05 Å². The molecule has 0 aromatic rings. The highest BCUT2D eigenvalue weighted by atomic mass is 31.2. The molecule has 0 N–H and O–H groups in total. The van der Waals surface area contributed by atoms with E-state index >= 15 is 0 Å². The number of rotatable bonds is 22. The summed E-state index contributed by atoms with van der Waals surface area (Å²) < 4.78 is 25.5. The second-order valence-electron chi connectivity index (χ2n) is 8.99. The lowest BCUT2D eigenvalue weighted by atomic mass is 9.96. The van der Waals surface area contributed by atoms with Gasteiger partial charge >= 0.3 is 7.60 Å². The monoisotopic (exact) mass is 447 g/mol. The third-order valence-electron chi connectivity index (χ3n) is 6.06. The summed E-state index contributed by atoms with van der Waals surface area (Å²) in [6.45, 7) is 16.5. The van der Waals surface area contributed by atoms with Crippen molar-refractivity contribution in [3.63, 3.8) is 0 Å². The van der Waals surface area contributed by atoms with Gasteiger partial charge in [0.25, 0.3) is 0 Å². The van der Waals surface area contributed by atoms with Crippen molar-refractivity contribution in [2.75, 3.05) is 32.6 Å². The van der Waals surface area contributed by atoms with Crippen molar-refractivity contribution < 1.29 is 13.6 Å². The molecule has 0 amide bonds. The van der Waals surface area contributed by atoms with Crippen LogP contribution in [0.2, 0.25) is 0 Å². The molecule has 0 aliphatic carbocycles. The third-order valence-corrected chi connectivity index (χ3v) is 7.96. The van der Waals surface area contributed by atoms with Gasteiger partial charge in [-0.2, -0.15) is 0 Å². The second kappa shape index (κ2) is 19.8. The summed E-state index contributed by atoms with van der Waals surface area (Å²) >= 11 is 0. The average Bonchev–Trinajstić information content (AvgIpc) is 2.74. The number of hydrogen-bond donors (Lipinski definition) is 0. The van der Waals surface area contributed by atoms with E-state index < -0.39 is 7.60 Å². The minimum atomic E-state index is -3.09. The molecule has 0 bridgehead atoms. The first kappa shape index (κ1) is 30.1. The largest absolute Gasteiger partial charge is 0.344 e. The summed E-state index contributed by atoms with van der Waals surface area (Å²) in [6, 6.07) is 0. The number of unbranched alkanes of at least 4 members (excludes halogenated alkanes) is 4. The number of hydrogen-bond acceptors (Lipinski definition) is 4. The van der Waals surface area contributed by atoms with Crippen LogP contribution < -0.4 is 0 Å². The van der Waals surface area contributed by atoms with Crippen LogP contribution in [-0.4, -0.2) is 37.5 Å². The van der Waals surface area contributed by atoms with E-state index in [4.69, 9.17) is 9.05 Å². The van der Waals surface area contributed by atoms with E-state index in [1.165, 1.54) is 51.4 Å². The van der Waals surface area contributed by atoms with Crippen LogP contribution in [0, 0.1) is 11.8 Å². The molecule has 0 spiro atoms. The molecule has 2 atom stereocenters. The van der Waals surface area contributed by atoms with Crippen LogP contribution >= 0.6 is 7.60 Å². The molecule has 0 aromatic heterocycles. The quantitative estimate of drug-likeness (QED) is 0.123. The van der Waals surface area contributed by atoms with E-state index in [0.29, 0.717) is 31.3 Å². The molecule has 2 unspecified atom stereocenters. The van der Waals surface area contributed by atoms with Crippen LogP contribution in [0.5, 0.6) is 0 Å². The van der Waals surface area contributed by atoms with Crippen LogP contribution in [0.25, 0.3) is 0 Å². The Labute approximate surface area is 189 Å². The van der Waals surface area contributed by atoms with Crippen LogP contribution in [0.4, 0.5) is 0 Å². The molecule has 0 fully saturated rings. The van der Waals surface area contributed by atoms with Gasteiger partial charge in [0.2, 0.25) is 0 Å². The van der Waals surface area contributed by atoms with Gasteiger partial charge in [-0.05, 0) is 37.5 Å². The minimum absolute atomic E-state index is 0.450. The molecule has 5 heteroatoms. The fraction of sp³-hybridized carbons (Fsp3) is 1.00. The van der Waals surface area contributed by atoms with E-state index in [9.17, 15) is 4.57 Å². The van der Waals surface area contributed by atoms with Crippen molar-refractivity contribution in [2.45, 2.75) is 119 Å². The lowest BCUT2D eigenvalue weighted by molar-refractivity contribution is 0.157. The summed E-state index contributed by atoms with van der Waals surface area (Å²) in [5.74, 6) is 1.32. The lowest BCUT2D eigenvalue weighted by Gasteiger charge is -2.32. The Bertz CT molecular complexity index is 387. The highest BCUT2D eigenvalue weighted by Crippen LogP contribution is 2.49. The zero-order valence-electron chi connectivity index (χ0n) is 21.3. The summed E-state index contributed by atoms with van der Waals surface area (Å²) in [5, 5.41) is 0. The first-order valence-electron chi connectivity index (χ1n) is 13.1. The summed E-state index contributed by atoms with van der Waals surface area (Å²) in [6.07, 6.45) is 14.3. The van der Waals surface area contributed by atoms with Gasteiger partial charge in [0.1, 0.15) is 6.29 Å². The molecular weight excluding hydrogens is 393 g/mol. The lowest BCUT2D eigenvalue weighted by Crippen LogP contribution is -2.35. The van der Waals surface area contributed by atoms with Gasteiger partial charge in [-0.1, -0.05) is 92.9 Å². The van der Waals surface area contributed by atoms with E-state index in [0.717, 1.165) is 38.8 Å². The predicted molar refractivity (Wildman–Crippen MR) is 132 cm³/mol. The topological polar surface area (TPSA) is 38.8 Å². The smallest absolute Gasteiger partial charge is 0.308 e. The maximum atomic E-state index is 13.7. The molecule has 0 saturated carbocycles. The second-order valence-corrected chi connectivity index (χ2v) is 11.0. The molecule has 30 heavy (non-hydrogen) atoms. The maximum Gasteiger partial charge on any atom is 0.344 e. The van der Waals surface area contributed by atoms with Gasteiger partial charge in [0, 0.05) is 13.1 Å². The Balaban J connectivity index is 5.31. The maximum absolute atomic E-state index is 13.7. The minimum Gasteiger partial charge on any atom is -0.308 e. The average molecular weight is 448 g/mol. The molecule has 4 nitrogen and oxygen atoms in total. The highest BCUT2D eigenvalue weighted by Gasteiger charge is 2.30. The van der Waals surface area contributed by atoms with Crippen LogP contribution in [0.15, 0.2) is 0 Å². The third kappa shape index (κ3) is 15.0. The van der Waals surface area contributed by atoms with Crippen LogP contribution in [0.1, 0.15) is 119 Å². The SMILES string of the molecule is CCCCOP(=O)(CN(CC(CC)CCCC)CC(CC)CCCC)OCCCC. The normalized spacial score (nSPS) is 14.4. The summed E-state index contributed by atoms with van der Waals surface area (Å²) in [4.78, 5) is 2.44. The summed E-state index contributed by atoms with van der Waals surface area (Å²) in [5.41, 5.74) is 0. The zero-order chi connectivity index (χ0) is 22.7. The fourth-order valence-electron chi connectivity index (χ4n) is 3.81. The Morgan fingerprint density at radius 1 is 0.667 bits per heavy atom. The molecule has 0 aromatic carbocycles. The first-order chi connectivity index (χ1) is 14.5. The van der Waals surface area contributed by atoms with Gasteiger partial charge in [-0.25, -0.2) is 0 Å². The molecule has 182 valence electrons. The van der Waals surface area contributed by atoms with Crippen molar-refractivity contribution in [3.05, 3.63) is 0 Å². The Kier molecular flexibility index (Phi) is 19.8. The predicted octanol–water partition coefficient (Wildman–Crippen LogP) is 8.51. The van der Waals surface area contributed by atoms with E-state index in [1.54, 1.807) is 0 Å². The molecule has 0 heterocycles. The van der Waals surface area contributed by atoms with Crippen molar-refractivity contribution in [1.29, 1.82) is 0 Å². The van der Waals surface area contributed by atoms with Crippen LogP contribution in [-0.2, 0) is 13.6 Å². The Hall–Kier alpha value is 0.110. The van der Waals surface area contributed by atoms with Gasteiger partial charge in [-0.15, -0.1) is 0 Å². The van der Waals surface area contributed by atoms with E-state index in [1.807, 2.05) is 0 Å². The highest BCUT2D eigenvalue weighted by molar-refractivity contribution is 7.53. The number of nitrogens with zero attached hydrogens (tertiary/aromatic N) is 1. The van der Waals surface area contributed by atoms with Gasteiger partial charge in [-0.3, -0.25) is 9.46 Å². The van der Waals surface area contributed by atoms with Crippen molar-refractivity contribution in [2.24, 2.45) is 11.8 Å². The molecule has 0 rings (SSSR count). The molecule has 0 saturated heterocycles. The first-order valence-corrected chi connectivity index (χ1v) is 14.8. The fourth-order valence-corrected chi connectivity index (χ4v) is 5.59. The Morgan fingerprint density at radius 3 is 1.40 bits per heavy atom. The van der Waals surface area contributed by atoms with Gasteiger partial charge in [0.05, 0.1) is 13.2 Å². The zero-order valence-corrected chi connectivity index (χ0v) is 22.2. The van der Waals surface area contributed by atoms with Gasteiger partial charge in [0.15, 0.2) is 0 Å². The van der Waals surface area contributed by atoms with Crippen LogP contribution in [0.3, 0.4) is 0 Å². The van der Waals surface area contributed by atoms with Crippen molar-refractivity contribution in [3.8, 4) is 0 Å². The van der Waals surface area contributed by atoms with Crippen molar-refractivity contribution >= 4 is 7.60 Å². The molecule has 0 aliphatic rings. The van der Waals surface area contributed by atoms with E-state index in [-0.39, 0.29) is 0 Å². The Morgan fingerprint density at radius 2 is 1.07 bits per heavy atom. The molecular formula is C25H54NO3P. The standard InChI is InChI=1S/C25H54NO3P/c1-7-13-17-24(11-5)21-26(22-25(12-6)18-14-8-2)23-30(27,28-19-15-9-3)29-20-16-10-4/h24-25H,7-23H2,1-6H3. The molecule has 0 radical (unpaired) electrons. The summed E-state index contributed by atoms with van der Waals surface area (Å²) in [7, 11) is -3.09. The van der Waals surface area contributed by atoms with E-state index in [2.05, 4.69) is 46.4 Å². The van der Waals surface area contributed by atoms with Crippen molar-refractivity contribution in [1.82, 2.24) is 4.90 Å².